The van der Waals surface area contributed by atoms with Crippen LogP contribution in [0.3, 0.4) is 0 Å². The van der Waals surface area contributed by atoms with E-state index < -0.39 is 5.97 Å². The van der Waals surface area contributed by atoms with Crippen LogP contribution in [0.1, 0.15) is 41.3 Å². The van der Waals surface area contributed by atoms with E-state index in [-0.39, 0.29) is 11.4 Å². The second kappa shape index (κ2) is 7.03. The average molecular weight is 298 g/mol. The number of carboxylic acids is 1. The predicted octanol–water partition coefficient (Wildman–Crippen LogP) is 5.47. The Kier molecular flexibility index (Phi) is 5.10. The van der Waals surface area contributed by atoms with Crippen molar-refractivity contribution in [2.75, 3.05) is 0 Å². The van der Waals surface area contributed by atoms with Crippen LogP contribution >= 0.6 is 0 Å². The van der Waals surface area contributed by atoms with Crippen LogP contribution in [0.4, 0.5) is 4.39 Å². The van der Waals surface area contributed by atoms with E-state index in [1.165, 1.54) is 0 Å². The highest BCUT2D eigenvalue weighted by Gasteiger charge is 2.12. The second-order valence-electron chi connectivity index (χ2n) is 5.27. The molecule has 0 radical (unpaired) electrons. The molecule has 0 aliphatic rings. The van der Waals surface area contributed by atoms with Crippen LogP contribution in [0.2, 0.25) is 0 Å². The zero-order valence-electron chi connectivity index (χ0n) is 12.8. The minimum Gasteiger partial charge on any atom is -0.478 e. The first-order valence-electron chi connectivity index (χ1n) is 7.33. The highest BCUT2D eigenvalue weighted by molar-refractivity contribution is 5.96. The Labute approximate surface area is 129 Å². The maximum atomic E-state index is 13.9. The van der Waals surface area contributed by atoms with E-state index >= 15 is 0 Å². The van der Waals surface area contributed by atoms with Crippen LogP contribution in [0.5, 0.6) is 0 Å². The molecule has 114 valence electrons. The van der Waals surface area contributed by atoms with Crippen LogP contribution in [0, 0.1) is 6.92 Å². The highest BCUT2D eigenvalue weighted by atomic mass is 19.1. The van der Waals surface area contributed by atoms with E-state index in [2.05, 4.69) is 0 Å². The lowest BCUT2D eigenvalue weighted by atomic mass is 9.96. The summed E-state index contributed by atoms with van der Waals surface area (Å²) in [7, 11) is 0. The van der Waals surface area contributed by atoms with Crippen LogP contribution in [-0.2, 0) is 0 Å². The first-order chi connectivity index (χ1) is 10.5. The number of hydrogen-bond donors (Lipinski definition) is 1. The maximum Gasteiger partial charge on any atom is 0.336 e. The summed E-state index contributed by atoms with van der Waals surface area (Å²) >= 11 is 0. The quantitative estimate of drug-likeness (QED) is 0.794. The Morgan fingerprint density at radius 3 is 2.45 bits per heavy atom. The van der Waals surface area contributed by atoms with Crippen LogP contribution < -0.4 is 0 Å². The molecular weight excluding hydrogens is 279 g/mol. The Bertz CT molecular complexity index is 700. The van der Waals surface area contributed by atoms with Crippen molar-refractivity contribution >= 4 is 11.8 Å². The van der Waals surface area contributed by atoms with Gasteiger partial charge in [0.25, 0.3) is 0 Å². The molecule has 0 spiro atoms. The number of unbranched alkanes of at least 4 members (excludes halogenated alkanes) is 1. The first-order valence-corrected chi connectivity index (χ1v) is 7.33. The van der Waals surface area contributed by atoms with E-state index in [0.29, 0.717) is 17.5 Å². The fourth-order valence-corrected chi connectivity index (χ4v) is 2.28. The number of halogens is 1. The molecule has 0 bridgehead atoms. The van der Waals surface area contributed by atoms with Gasteiger partial charge in [-0.2, -0.15) is 0 Å². The number of benzene rings is 2. The van der Waals surface area contributed by atoms with Crippen molar-refractivity contribution in [3.05, 3.63) is 65.2 Å². The number of hydrogen-bond acceptors (Lipinski definition) is 1. The third-order valence-electron chi connectivity index (χ3n) is 3.49. The van der Waals surface area contributed by atoms with Crippen molar-refractivity contribution in [2.45, 2.75) is 26.7 Å². The summed E-state index contributed by atoms with van der Waals surface area (Å²) in [5, 5.41) is 9.29. The maximum absolute atomic E-state index is 13.9. The summed E-state index contributed by atoms with van der Waals surface area (Å²) in [6, 6.07) is 12.1. The predicted molar refractivity (Wildman–Crippen MR) is 87.6 cm³/mol. The number of carboxylic acid groups (broad SMARTS) is 1. The lowest BCUT2D eigenvalue weighted by Crippen LogP contribution is -1.99. The van der Waals surface area contributed by atoms with Gasteiger partial charge in [0.1, 0.15) is 5.83 Å². The van der Waals surface area contributed by atoms with Crippen molar-refractivity contribution < 1.29 is 14.3 Å². The molecule has 2 rings (SSSR count). The van der Waals surface area contributed by atoms with Crippen molar-refractivity contribution in [3.8, 4) is 11.1 Å². The van der Waals surface area contributed by atoms with Crippen LogP contribution in [-0.4, -0.2) is 11.1 Å². The van der Waals surface area contributed by atoms with Crippen molar-refractivity contribution in [1.82, 2.24) is 0 Å². The molecule has 3 heteroatoms. The minimum absolute atomic E-state index is 0.240. The number of allylic oxidation sites excluding steroid dienone is 1. The zero-order chi connectivity index (χ0) is 16.1. The van der Waals surface area contributed by atoms with Gasteiger partial charge in [0, 0.05) is 5.56 Å². The van der Waals surface area contributed by atoms with E-state index in [1.54, 1.807) is 42.5 Å². The molecule has 0 aromatic heterocycles. The summed E-state index contributed by atoms with van der Waals surface area (Å²) in [5.74, 6) is -1.20. The lowest BCUT2D eigenvalue weighted by molar-refractivity contribution is 0.0697. The van der Waals surface area contributed by atoms with E-state index in [0.717, 1.165) is 17.5 Å². The van der Waals surface area contributed by atoms with Gasteiger partial charge in [-0.3, -0.25) is 0 Å². The molecule has 0 aliphatic carbocycles. The summed E-state index contributed by atoms with van der Waals surface area (Å²) in [6.45, 7) is 3.91. The van der Waals surface area contributed by atoms with Gasteiger partial charge in [-0.1, -0.05) is 55.3 Å². The summed E-state index contributed by atoms with van der Waals surface area (Å²) in [6.07, 6.45) is 3.18. The molecule has 2 nitrogen and oxygen atoms in total. The molecular formula is C19H19FO2. The number of rotatable bonds is 5. The number of aryl methyl sites for hydroxylation is 1. The van der Waals surface area contributed by atoms with Gasteiger partial charge in [-0.15, -0.1) is 0 Å². The van der Waals surface area contributed by atoms with Crippen LogP contribution in [0.25, 0.3) is 17.0 Å². The molecule has 0 unspecified atom stereocenters. The van der Waals surface area contributed by atoms with Gasteiger partial charge in [-0.05, 0) is 36.6 Å². The summed E-state index contributed by atoms with van der Waals surface area (Å²) in [4.78, 5) is 11.3. The normalized spacial score (nSPS) is 11.5. The molecule has 1 N–H and O–H groups in total. The molecule has 0 amide bonds. The smallest absolute Gasteiger partial charge is 0.336 e. The molecule has 22 heavy (non-hydrogen) atoms. The number of aromatic carboxylic acids is 1. The fourth-order valence-electron chi connectivity index (χ4n) is 2.28. The van der Waals surface area contributed by atoms with Gasteiger partial charge in [0.2, 0.25) is 0 Å². The second-order valence-corrected chi connectivity index (χ2v) is 5.27. The van der Waals surface area contributed by atoms with Gasteiger partial charge < -0.3 is 5.11 Å². The van der Waals surface area contributed by atoms with Crippen molar-refractivity contribution in [2.24, 2.45) is 0 Å². The Balaban J connectivity index is 2.39. The topological polar surface area (TPSA) is 37.3 Å². The Morgan fingerprint density at radius 2 is 1.86 bits per heavy atom. The Hall–Kier alpha value is -2.42. The largest absolute Gasteiger partial charge is 0.478 e. The minimum atomic E-state index is -0.965. The molecule has 0 fully saturated rings. The van der Waals surface area contributed by atoms with Crippen LogP contribution in [0.15, 0.2) is 48.5 Å². The van der Waals surface area contributed by atoms with E-state index in [1.807, 2.05) is 19.9 Å². The molecule has 2 aromatic carbocycles. The van der Waals surface area contributed by atoms with E-state index in [4.69, 9.17) is 0 Å². The van der Waals surface area contributed by atoms with E-state index in [9.17, 15) is 14.3 Å². The van der Waals surface area contributed by atoms with Gasteiger partial charge in [0.05, 0.1) is 5.56 Å². The third-order valence-corrected chi connectivity index (χ3v) is 3.49. The molecule has 0 atom stereocenters. The molecule has 0 aliphatic heterocycles. The Morgan fingerprint density at radius 1 is 1.18 bits per heavy atom. The zero-order valence-corrected chi connectivity index (χ0v) is 12.8. The monoisotopic (exact) mass is 298 g/mol. The lowest BCUT2D eigenvalue weighted by Gasteiger charge is -2.08. The SMILES string of the molecule is CCC/C=C(/F)c1ccc(-c2cc(C)ccc2C(=O)O)cc1. The van der Waals surface area contributed by atoms with Crippen molar-refractivity contribution in [3.63, 3.8) is 0 Å². The first kappa shape index (κ1) is 16.0. The number of carbonyl (C=O) groups is 1. The third kappa shape index (κ3) is 3.61. The van der Waals surface area contributed by atoms with Crippen molar-refractivity contribution in [1.29, 1.82) is 0 Å². The summed E-state index contributed by atoms with van der Waals surface area (Å²) in [5.41, 5.74) is 3.17. The average Bonchev–Trinajstić information content (AvgIpc) is 2.52. The molecule has 0 saturated carbocycles. The fraction of sp³-hybridized carbons (Fsp3) is 0.211. The highest BCUT2D eigenvalue weighted by Crippen LogP contribution is 2.27. The molecule has 0 heterocycles. The molecule has 0 saturated heterocycles. The van der Waals surface area contributed by atoms with Gasteiger partial charge in [-0.25, -0.2) is 9.18 Å². The molecule has 2 aromatic rings. The standard InChI is InChI=1S/C19H19FO2/c1-3-4-5-18(20)15-9-7-14(8-10-15)17-12-13(2)6-11-16(17)19(21)22/h5-12H,3-4H2,1-2H3,(H,21,22)/b18-5+. The van der Waals surface area contributed by atoms with Gasteiger partial charge >= 0.3 is 5.97 Å². The van der Waals surface area contributed by atoms with Gasteiger partial charge in [0.15, 0.2) is 0 Å². The summed E-state index contributed by atoms with van der Waals surface area (Å²) < 4.78 is 13.9.